The zero-order valence-corrected chi connectivity index (χ0v) is 13.8. The van der Waals surface area contributed by atoms with Gasteiger partial charge in [-0.3, -0.25) is 14.6 Å². The highest BCUT2D eigenvalue weighted by molar-refractivity contribution is 5.98. The Labute approximate surface area is 141 Å². The maximum atomic E-state index is 12.6. The summed E-state index contributed by atoms with van der Waals surface area (Å²) in [5, 5.41) is 0. The smallest absolute Gasteiger partial charge is 0.184 e. The lowest BCUT2D eigenvalue weighted by molar-refractivity contribution is 0.0850. The van der Waals surface area contributed by atoms with Gasteiger partial charge in [0.2, 0.25) is 0 Å². The van der Waals surface area contributed by atoms with Crippen LogP contribution in [0.15, 0.2) is 42.7 Å². The summed E-state index contributed by atoms with van der Waals surface area (Å²) in [6.07, 6.45) is 5.11. The average Bonchev–Trinajstić information content (AvgIpc) is 2.63. The van der Waals surface area contributed by atoms with Gasteiger partial charge in [0.25, 0.3) is 0 Å². The zero-order valence-electron chi connectivity index (χ0n) is 13.8. The van der Waals surface area contributed by atoms with Crippen LogP contribution < -0.4 is 0 Å². The summed E-state index contributed by atoms with van der Waals surface area (Å²) in [6, 6.07) is 8.82. The summed E-state index contributed by atoms with van der Waals surface area (Å²) >= 11 is 0. The number of Topliss-reactive ketones (excluding diaryl/α,β-unsaturated/α-hetero) is 2. The van der Waals surface area contributed by atoms with Crippen LogP contribution in [-0.4, -0.2) is 46.6 Å². The van der Waals surface area contributed by atoms with Gasteiger partial charge in [0.05, 0.1) is 6.42 Å². The number of carbonyl (C=O) groups excluding carboxylic acids is 2. The Morgan fingerprint density at radius 2 is 1.96 bits per heavy atom. The summed E-state index contributed by atoms with van der Waals surface area (Å²) < 4.78 is 0. The van der Waals surface area contributed by atoms with E-state index in [0.717, 1.165) is 25.9 Å². The number of piperidine rings is 1. The second-order valence-electron chi connectivity index (χ2n) is 6.30. The Hall–Kier alpha value is -2.40. The molecule has 24 heavy (non-hydrogen) atoms. The molecule has 2 aromatic heterocycles. The van der Waals surface area contributed by atoms with Crippen molar-refractivity contribution < 1.29 is 9.59 Å². The molecule has 1 saturated heterocycles. The Balaban J connectivity index is 1.70. The summed E-state index contributed by atoms with van der Waals surface area (Å²) in [7, 11) is 2.07. The summed E-state index contributed by atoms with van der Waals surface area (Å²) in [5.41, 5.74) is 1.66. The summed E-state index contributed by atoms with van der Waals surface area (Å²) in [5.74, 6) is 0.0937. The van der Waals surface area contributed by atoms with Crippen LogP contribution in [0.3, 0.4) is 0 Å². The molecular weight excluding hydrogens is 302 g/mol. The summed E-state index contributed by atoms with van der Waals surface area (Å²) in [4.78, 5) is 35.5. The molecule has 1 aliphatic rings. The molecule has 2 aromatic rings. The van der Waals surface area contributed by atoms with E-state index in [9.17, 15) is 9.59 Å². The van der Waals surface area contributed by atoms with E-state index in [0.29, 0.717) is 17.0 Å². The Morgan fingerprint density at radius 3 is 2.67 bits per heavy atom. The van der Waals surface area contributed by atoms with E-state index in [-0.39, 0.29) is 23.9 Å². The highest BCUT2D eigenvalue weighted by atomic mass is 16.1. The quantitative estimate of drug-likeness (QED) is 0.791. The fourth-order valence-corrected chi connectivity index (χ4v) is 2.99. The maximum absolute atomic E-state index is 12.6. The molecule has 0 amide bonds. The van der Waals surface area contributed by atoms with Crippen LogP contribution in [0.25, 0.3) is 0 Å². The van der Waals surface area contributed by atoms with Gasteiger partial charge < -0.3 is 4.90 Å². The van der Waals surface area contributed by atoms with Gasteiger partial charge in [0.15, 0.2) is 11.6 Å². The fraction of sp³-hybridized carbons (Fsp3) is 0.368. The van der Waals surface area contributed by atoms with Crippen LogP contribution in [0.2, 0.25) is 0 Å². The van der Waals surface area contributed by atoms with Crippen molar-refractivity contribution in [3.05, 3.63) is 59.7 Å². The third-order valence-corrected chi connectivity index (χ3v) is 4.47. The first-order chi connectivity index (χ1) is 11.6. The highest BCUT2D eigenvalue weighted by Gasteiger charge is 2.25. The van der Waals surface area contributed by atoms with Crippen LogP contribution >= 0.6 is 0 Å². The van der Waals surface area contributed by atoms with Crippen LogP contribution in [-0.2, 0) is 6.42 Å². The average molecular weight is 323 g/mol. The van der Waals surface area contributed by atoms with Crippen molar-refractivity contribution in [2.45, 2.75) is 19.3 Å². The van der Waals surface area contributed by atoms with Gasteiger partial charge in [-0.1, -0.05) is 6.07 Å². The molecule has 0 atom stereocenters. The van der Waals surface area contributed by atoms with E-state index in [2.05, 4.69) is 21.9 Å². The molecular formula is C19H21N3O2. The number of carbonyl (C=O) groups is 2. The van der Waals surface area contributed by atoms with E-state index in [1.807, 2.05) is 0 Å². The number of likely N-dealkylation sites (tertiary alicyclic amines) is 1. The fourth-order valence-electron chi connectivity index (χ4n) is 2.99. The van der Waals surface area contributed by atoms with Crippen LogP contribution in [0, 0.1) is 5.92 Å². The number of hydrogen-bond donors (Lipinski definition) is 0. The minimum absolute atomic E-state index is 0.0398. The van der Waals surface area contributed by atoms with Crippen LogP contribution in [0.1, 0.15) is 39.4 Å². The van der Waals surface area contributed by atoms with Gasteiger partial charge in [-0.2, -0.15) is 0 Å². The normalized spacial score (nSPS) is 16.0. The number of hydrogen-bond acceptors (Lipinski definition) is 5. The Morgan fingerprint density at radius 1 is 1.17 bits per heavy atom. The molecule has 0 aromatic carbocycles. The molecule has 124 valence electrons. The van der Waals surface area contributed by atoms with Gasteiger partial charge >= 0.3 is 0 Å². The first kappa shape index (κ1) is 16.5. The number of ketones is 2. The van der Waals surface area contributed by atoms with Crippen molar-refractivity contribution in [3.8, 4) is 0 Å². The van der Waals surface area contributed by atoms with Gasteiger partial charge in [-0.25, -0.2) is 4.98 Å². The molecule has 0 unspecified atom stereocenters. The predicted molar refractivity (Wildman–Crippen MR) is 91.1 cm³/mol. The van der Waals surface area contributed by atoms with E-state index in [1.165, 1.54) is 0 Å². The minimum atomic E-state index is -0.0421. The van der Waals surface area contributed by atoms with Gasteiger partial charge in [0, 0.05) is 29.6 Å². The lowest BCUT2D eigenvalue weighted by Gasteiger charge is -2.27. The number of pyridine rings is 2. The molecule has 3 rings (SSSR count). The molecule has 5 nitrogen and oxygen atoms in total. The van der Waals surface area contributed by atoms with Crippen molar-refractivity contribution in [2.75, 3.05) is 20.1 Å². The van der Waals surface area contributed by atoms with E-state index >= 15 is 0 Å². The van der Waals surface area contributed by atoms with E-state index in [1.54, 1.807) is 42.7 Å². The van der Waals surface area contributed by atoms with Crippen molar-refractivity contribution in [3.63, 3.8) is 0 Å². The first-order valence-electron chi connectivity index (χ1n) is 8.25. The third kappa shape index (κ3) is 3.92. The van der Waals surface area contributed by atoms with Gasteiger partial charge in [-0.05, 0) is 57.2 Å². The Kier molecular flexibility index (Phi) is 5.11. The van der Waals surface area contributed by atoms with E-state index in [4.69, 9.17) is 0 Å². The number of rotatable bonds is 5. The topological polar surface area (TPSA) is 63.2 Å². The second-order valence-corrected chi connectivity index (χ2v) is 6.30. The molecule has 0 spiro atoms. The van der Waals surface area contributed by atoms with E-state index < -0.39 is 0 Å². The van der Waals surface area contributed by atoms with Crippen LogP contribution in [0.5, 0.6) is 0 Å². The SMILES string of the molecule is CN1CCC(C(=O)c2cccc(CC(=O)c3cccnc3)n2)CC1. The molecule has 0 radical (unpaired) electrons. The molecule has 1 fully saturated rings. The first-order valence-corrected chi connectivity index (χ1v) is 8.25. The standard InChI is InChI=1S/C19H21N3O2/c1-22-10-7-14(8-11-22)19(24)17-6-2-5-16(21-17)12-18(23)15-4-3-9-20-13-15/h2-6,9,13-14H,7-8,10-12H2,1H3. The molecule has 0 bridgehead atoms. The molecule has 0 N–H and O–H groups in total. The monoisotopic (exact) mass is 323 g/mol. The van der Waals surface area contributed by atoms with Crippen molar-refractivity contribution >= 4 is 11.6 Å². The minimum Gasteiger partial charge on any atom is -0.306 e. The second kappa shape index (κ2) is 7.45. The molecule has 0 aliphatic carbocycles. The Bertz CT molecular complexity index is 722. The zero-order chi connectivity index (χ0) is 16.9. The van der Waals surface area contributed by atoms with Crippen molar-refractivity contribution in [1.82, 2.24) is 14.9 Å². The lowest BCUT2D eigenvalue weighted by atomic mass is 9.91. The molecule has 3 heterocycles. The van der Waals surface area contributed by atoms with Gasteiger partial charge in [0.1, 0.15) is 5.69 Å². The highest BCUT2D eigenvalue weighted by Crippen LogP contribution is 2.20. The number of nitrogens with zero attached hydrogens (tertiary/aromatic N) is 3. The van der Waals surface area contributed by atoms with Crippen LogP contribution in [0.4, 0.5) is 0 Å². The molecule has 1 aliphatic heterocycles. The van der Waals surface area contributed by atoms with Crippen molar-refractivity contribution in [2.24, 2.45) is 5.92 Å². The summed E-state index contributed by atoms with van der Waals surface area (Å²) in [6.45, 7) is 1.88. The lowest BCUT2D eigenvalue weighted by Crippen LogP contribution is -2.33. The van der Waals surface area contributed by atoms with Crippen molar-refractivity contribution in [1.29, 1.82) is 0 Å². The van der Waals surface area contributed by atoms with Gasteiger partial charge in [-0.15, -0.1) is 0 Å². The maximum Gasteiger partial charge on any atom is 0.184 e. The third-order valence-electron chi connectivity index (χ3n) is 4.47. The molecule has 5 heteroatoms. The predicted octanol–water partition coefficient (Wildman–Crippen LogP) is 2.43. The molecule has 0 saturated carbocycles. The number of aromatic nitrogens is 2. The largest absolute Gasteiger partial charge is 0.306 e.